The molecular formula is C14H21N5OS. The number of nitrogens with one attached hydrogen (secondary N) is 2. The average Bonchev–Trinajstić information content (AvgIpc) is 3.02. The molecule has 0 aliphatic carbocycles. The van der Waals surface area contributed by atoms with Crippen LogP contribution in [0.15, 0.2) is 17.9 Å². The van der Waals surface area contributed by atoms with Crippen LogP contribution >= 0.6 is 11.3 Å². The lowest BCUT2D eigenvalue weighted by Gasteiger charge is -2.11. The van der Waals surface area contributed by atoms with Gasteiger partial charge in [-0.05, 0) is 12.8 Å². The standard InChI is InChI=1S/C14H21N5OS/c1-10(2)8-19-5-4-15-13(19)7-17-14(20)16-6-12-11(3)18-9-21-12/h4-5,9-10H,6-8H2,1-3H3,(H2,16,17,20). The van der Waals surface area contributed by atoms with Gasteiger partial charge in [-0.15, -0.1) is 11.3 Å². The Morgan fingerprint density at radius 2 is 2.10 bits per heavy atom. The van der Waals surface area contributed by atoms with Crippen molar-refractivity contribution in [2.75, 3.05) is 0 Å². The van der Waals surface area contributed by atoms with Crippen molar-refractivity contribution >= 4 is 17.4 Å². The average molecular weight is 307 g/mol. The molecule has 2 aromatic rings. The summed E-state index contributed by atoms with van der Waals surface area (Å²) in [6, 6.07) is -0.193. The monoisotopic (exact) mass is 307 g/mol. The fourth-order valence-electron chi connectivity index (χ4n) is 1.95. The molecule has 0 aliphatic rings. The minimum absolute atomic E-state index is 0.193. The summed E-state index contributed by atoms with van der Waals surface area (Å²) in [5, 5.41) is 5.66. The summed E-state index contributed by atoms with van der Waals surface area (Å²) in [6.07, 6.45) is 3.70. The number of imidazole rings is 1. The largest absolute Gasteiger partial charge is 0.333 e. The molecule has 0 atom stereocenters. The molecular weight excluding hydrogens is 286 g/mol. The number of thiazole rings is 1. The van der Waals surface area contributed by atoms with Crippen molar-refractivity contribution in [2.24, 2.45) is 5.92 Å². The molecule has 0 fully saturated rings. The van der Waals surface area contributed by atoms with Gasteiger partial charge < -0.3 is 15.2 Å². The van der Waals surface area contributed by atoms with Gasteiger partial charge in [0.05, 0.1) is 24.3 Å². The molecule has 2 N–H and O–H groups in total. The van der Waals surface area contributed by atoms with Gasteiger partial charge in [0.25, 0.3) is 0 Å². The lowest BCUT2D eigenvalue weighted by molar-refractivity contribution is 0.239. The summed E-state index contributed by atoms with van der Waals surface area (Å²) in [4.78, 5) is 21.3. The maximum atomic E-state index is 11.8. The van der Waals surface area contributed by atoms with Crippen molar-refractivity contribution in [3.05, 3.63) is 34.3 Å². The number of rotatable bonds is 6. The lowest BCUT2D eigenvalue weighted by Crippen LogP contribution is -2.35. The molecule has 2 rings (SSSR count). The highest BCUT2D eigenvalue weighted by Crippen LogP contribution is 2.11. The van der Waals surface area contributed by atoms with Crippen molar-refractivity contribution in [2.45, 2.75) is 40.4 Å². The molecule has 21 heavy (non-hydrogen) atoms. The molecule has 0 saturated heterocycles. The molecule has 2 aromatic heterocycles. The molecule has 2 amide bonds. The second-order valence-corrected chi connectivity index (χ2v) is 6.23. The van der Waals surface area contributed by atoms with E-state index in [9.17, 15) is 4.79 Å². The topological polar surface area (TPSA) is 71.8 Å². The fraction of sp³-hybridized carbons (Fsp3) is 0.500. The number of hydrogen-bond acceptors (Lipinski definition) is 4. The number of aryl methyl sites for hydroxylation is 1. The molecule has 0 aliphatic heterocycles. The predicted molar refractivity (Wildman–Crippen MR) is 83.0 cm³/mol. The summed E-state index contributed by atoms with van der Waals surface area (Å²) in [5.41, 5.74) is 2.75. The second kappa shape index (κ2) is 7.21. The first-order valence-electron chi connectivity index (χ1n) is 6.97. The van der Waals surface area contributed by atoms with E-state index in [-0.39, 0.29) is 6.03 Å². The van der Waals surface area contributed by atoms with Crippen LogP contribution in [0, 0.1) is 12.8 Å². The smallest absolute Gasteiger partial charge is 0.315 e. The van der Waals surface area contributed by atoms with Crippen molar-refractivity contribution in [1.29, 1.82) is 0 Å². The third kappa shape index (κ3) is 4.56. The van der Waals surface area contributed by atoms with E-state index in [1.165, 1.54) is 0 Å². The zero-order valence-electron chi connectivity index (χ0n) is 12.6. The van der Waals surface area contributed by atoms with Crippen LogP contribution in [-0.2, 0) is 19.6 Å². The van der Waals surface area contributed by atoms with Crippen LogP contribution in [0.5, 0.6) is 0 Å². The van der Waals surface area contributed by atoms with Crippen molar-refractivity contribution in [1.82, 2.24) is 25.2 Å². The maximum absolute atomic E-state index is 11.8. The van der Waals surface area contributed by atoms with Crippen LogP contribution in [0.25, 0.3) is 0 Å². The number of nitrogens with zero attached hydrogens (tertiary/aromatic N) is 3. The predicted octanol–water partition coefficient (Wildman–Crippen LogP) is 2.30. The van der Waals surface area contributed by atoms with Crippen LogP contribution < -0.4 is 10.6 Å². The fourth-order valence-corrected chi connectivity index (χ4v) is 2.66. The first-order valence-corrected chi connectivity index (χ1v) is 7.85. The van der Waals surface area contributed by atoms with E-state index < -0.39 is 0 Å². The van der Waals surface area contributed by atoms with E-state index in [1.807, 2.05) is 13.1 Å². The summed E-state index contributed by atoms with van der Waals surface area (Å²) in [6.45, 7) is 8.07. The normalized spacial score (nSPS) is 10.9. The Balaban J connectivity index is 1.79. The maximum Gasteiger partial charge on any atom is 0.315 e. The van der Waals surface area contributed by atoms with Crippen LogP contribution in [0.1, 0.15) is 30.2 Å². The van der Waals surface area contributed by atoms with E-state index in [1.54, 1.807) is 23.0 Å². The van der Waals surface area contributed by atoms with Crippen molar-refractivity contribution < 1.29 is 4.79 Å². The zero-order valence-corrected chi connectivity index (χ0v) is 13.4. The highest BCUT2D eigenvalue weighted by atomic mass is 32.1. The highest BCUT2D eigenvalue weighted by molar-refractivity contribution is 7.09. The summed E-state index contributed by atoms with van der Waals surface area (Å²) in [5.74, 6) is 1.41. The number of carbonyl (C=O) groups excluding carboxylic acids is 1. The van der Waals surface area contributed by atoms with Gasteiger partial charge >= 0.3 is 6.03 Å². The van der Waals surface area contributed by atoms with E-state index in [4.69, 9.17) is 0 Å². The summed E-state index contributed by atoms with van der Waals surface area (Å²) >= 11 is 1.55. The minimum atomic E-state index is -0.193. The van der Waals surface area contributed by atoms with E-state index in [0.29, 0.717) is 19.0 Å². The molecule has 0 unspecified atom stereocenters. The Bertz CT molecular complexity index is 590. The number of amides is 2. The summed E-state index contributed by atoms with van der Waals surface area (Å²) < 4.78 is 2.07. The van der Waals surface area contributed by atoms with Gasteiger partial charge in [0.15, 0.2) is 0 Å². The minimum Gasteiger partial charge on any atom is -0.333 e. The quantitative estimate of drug-likeness (QED) is 0.860. The molecule has 0 spiro atoms. The molecule has 0 saturated carbocycles. The van der Waals surface area contributed by atoms with Crippen LogP contribution in [0.3, 0.4) is 0 Å². The Morgan fingerprint density at radius 3 is 2.76 bits per heavy atom. The van der Waals surface area contributed by atoms with Gasteiger partial charge in [0.1, 0.15) is 5.82 Å². The molecule has 0 bridgehead atoms. The molecule has 0 aromatic carbocycles. The SMILES string of the molecule is Cc1ncsc1CNC(=O)NCc1nccn1CC(C)C. The highest BCUT2D eigenvalue weighted by Gasteiger charge is 2.08. The van der Waals surface area contributed by atoms with Gasteiger partial charge in [-0.25, -0.2) is 14.8 Å². The van der Waals surface area contributed by atoms with Crippen LogP contribution in [0.2, 0.25) is 0 Å². The van der Waals surface area contributed by atoms with Gasteiger partial charge in [-0.2, -0.15) is 0 Å². The third-order valence-corrected chi connectivity index (χ3v) is 3.96. The van der Waals surface area contributed by atoms with Gasteiger partial charge in [-0.3, -0.25) is 0 Å². The number of aromatic nitrogens is 3. The van der Waals surface area contributed by atoms with Gasteiger partial charge in [0, 0.05) is 23.8 Å². The number of carbonyl (C=O) groups is 1. The Labute approximate surface area is 128 Å². The second-order valence-electron chi connectivity index (χ2n) is 5.29. The molecule has 6 nitrogen and oxygen atoms in total. The Morgan fingerprint density at radius 1 is 1.33 bits per heavy atom. The third-order valence-electron chi connectivity index (χ3n) is 3.02. The molecule has 0 radical (unpaired) electrons. The molecule has 7 heteroatoms. The number of hydrogen-bond donors (Lipinski definition) is 2. The zero-order chi connectivity index (χ0) is 15.2. The molecule has 114 valence electrons. The lowest BCUT2D eigenvalue weighted by atomic mass is 10.2. The Kier molecular flexibility index (Phi) is 5.32. The first-order chi connectivity index (χ1) is 10.1. The molecule has 2 heterocycles. The first kappa shape index (κ1) is 15.5. The van der Waals surface area contributed by atoms with E-state index >= 15 is 0 Å². The summed E-state index contributed by atoms with van der Waals surface area (Å²) in [7, 11) is 0. The van der Waals surface area contributed by atoms with Crippen LogP contribution in [0.4, 0.5) is 4.79 Å². The van der Waals surface area contributed by atoms with Crippen LogP contribution in [-0.4, -0.2) is 20.6 Å². The van der Waals surface area contributed by atoms with Gasteiger partial charge in [0.2, 0.25) is 0 Å². The van der Waals surface area contributed by atoms with Crippen molar-refractivity contribution in [3.8, 4) is 0 Å². The number of urea groups is 1. The van der Waals surface area contributed by atoms with Crippen molar-refractivity contribution in [3.63, 3.8) is 0 Å². The Hall–Kier alpha value is -1.89. The van der Waals surface area contributed by atoms with E-state index in [0.717, 1.165) is 22.9 Å². The van der Waals surface area contributed by atoms with Gasteiger partial charge in [-0.1, -0.05) is 13.8 Å². The van der Waals surface area contributed by atoms with E-state index in [2.05, 4.69) is 39.0 Å².